The molecule has 0 heterocycles. The van der Waals surface area contributed by atoms with Gasteiger partial charge in [0.1, 0.15) is 0 Å². The Morgan fingerprint density at radius 1 is 1.12 bits per heavy atom. The van der Waals surface area contributed by atoms with Crippen molar-refractivity contribution in [2.75, 3.05) is 20.3 Å². The van der Waals surface area contributed by atoms with E-state index in [-0.39, 0.29) is 0 Å². The summed E-state index contributed by atoms with van der Waals surface area (Å²) in [5.74, 6) is 0.921. The van der Waals surface area contributed by atoms with Gasteiger partial charge in [0, 0.05) is 19.8 Å². The highest BCUT2D eigenvalue weighted by atomic mass is 16.5. The number of unbranched alkanes of at least 4 members (excludes halogenated alkanes) is 1. The molecule has 0 aliphatic heterocycles. The lowest BCUT2D eigenvalue weighted by atomic mass is 9.93. The van der Waals surface area contributed by atoms with Crippen LogP contribution < -0.4 is 5.32 Å². The van der Waals surface area contributed by atoms with Crippen LogP contribution in [0.15, 0.2) is 0 Å². The van der Waals surface area contributed by atoms with Crippen LogP contribution in [-0.2, 0) is 4.74 Å². The molecule has 2 nitrogen and oxygen atoms in total. The van der Waals surface area contributed by atoms with Crippen LogP contribution in [0.3, 0.4) is 0 Å². The molecule has 0 aromatic rings. The topological polar surface area (TPSA) is 21.3 Å². The third-order valence-corrected chi connectivity index (χ3v) is 3.85. The Kier molecular flexibility index (Phi) is 7.87. The van der Waals surface area contributed by atoms with Gasteiger partial charge >= 0.3 is 0 Å². The Balaban J connectivity index is 2.05. The molecule has 0 bridgehead atoms. The fourth-order valence-corrected chi connectivity index (χ4v) is 2.68. The summed E-state index contributed by atoms with van der Waals surface area (Å²) in [6.07, 6.45) is 11.1. The van der Waals surface area contributed by atoms with E-state index in [1.807, 2.05) is 0 Å². The highest BCUT2D eigenvalue weighted by Crippen LogP contribution is 2.25. The second kappa shape index (κ2) is 9.00. The molecule has 1 saturated carbocycles. The minimum absolute atomic E-state index is 0.709. The number of hydrogen-bond donors (Lipinski definition) is 1. The van der Waals surface area contributed by atoms with Gasteiger partial charge in [0.2, 0.25) is 0 Å². The van der Waals surface area contributed by atoms with Gasteiger partial charge in [-0.15, -0.1) is 0 Å². The molecule has 0 aromatic heterocycles. The van der Waals surface area contributed by atoms with Crippen LogP contribution in [0.4, 0.5) is 0 Å². The molecule has 0 spiro atoms. The van der Waals surface area contributed by atoms with Gasteiger partial charge in [-0.05, 0) is 45.1 Å². The Labute approximate surface area is 101 Å². The molecule has 0 aromatic carbocycles. The van der Waals surface area contributed by atoms with Crippen LogP contribution >= 0.6 is 0 Å². The monoisotopic (exact) mass is 227 g/mol. The standard InChI is InChI=1S/C14H29NO/c1-13(15-11-7-8-12-16-2)14-9-5-3-4-6-10-14/h13-15H,3-12H2,1-2H3/t13-/m1/s1. The summed E-state index contributed by atoms with van der Waals surface area (Å²) in [6, 6.07) is 0.709. The average Bonchev–Trinajstić information content (AvgIpc) is 2.57. The van der Waals surface area contributed by atoms with E-state index in [1.54, 1.807) is 7.11 Å². The van der Waals surface area contributed by atoms with Crippen LogP contribution in [0.25, 0.3) is 0 Å². The van der Waals surface area contributed by atoms with Gasteiger partial charge in [-0.1, -0.05) is 25.7 Å². The van der Waals surface area contributed by atoms with Crippen LogP contribution in [0, 0.1) is 5.92 Å². The smallest absolute Gasteiger partial charge is 0.0462 e. The molecule has 1 fully saturated rings. The van der Waals surface area contributed by atoms with E-state index in [1.165, 1.54) is 51.4 Å². The van der Waals surface area contributed by atoms with Gasteiger partial charge in [-0.2, -0.15) is 0 Å². The van der Waals surface area contributed by atoms with Gasteiger partial charge in [-0.25, -0.2) is 0 Å². The van der Waals surface area contributed by atoms with Gasteiger partial charge in [-0.3, -0.25) is 0 Å². The van der Waals surface area contributed by atoms with Gasteiger partial charge in [0.05, 0.1) is 0 Å². The van der Waals surface area contributed by atoms with E-state index in [9.17, 15) is 0 Å². The van der Waals surface area contributed by atoms with Crippen molar-refractivity contribution in [2.24, 2.45) is 5.92 Å². The summed E-state index contributed by atoms with van der Waals surface area (Å²) >= 11 is 0. The fourth-order valence-electron chi connectivity index (χ4n) is 2.68. The van der Waals surface area contributed by atoms with E-state index >= 15 is 0 Å². The maximum absolute atomic E-state index is 5.05. The molecule has 1 aliphatic carbocycles. The zero-order valence-corrected chi connectivity index (χ0v) is 11.1. The van der Waals surface area contributed by atoms with Crippen molar-refractivity contribution in [3.05, 3.63) is 0 Å². The van der Waals surface area contributed by atoms with E-state index in [4.69, 9.17) is 4.74 Å². The summed E-state index contributed by atoms with van der Waals surface area (Å²) in [6.45, 7) is 4.42. The molecule has 1 rings (SSSR count). The van der Waals surface area contributed by atoms with Gasteiger partial charge < -0.3 is 10.1 Å². The highest BCUT2D eigenvalue weighted by Gasteiger charge is 2.17. The summed E-state index contributed by atoms with van der Waals surface area (Å²) < 4.78 is 5.05. The van der Waals surface area contributed by atoms with Crippen LogP contribution in [0.1, 0.15) is 58.3 Å². The summed E-state index contributed by atoms with van der Waals surface area (Å²) in [5.41, 5.74) is 0. The Morgan fingerprint density at radius 2 is 1.81 bits per heavy atom. The molecular weight excluding hydrogens is 198 g/mol. The minimum atomic E-state index is 0.709. The van der Waals surface area contributed by atoms with E-state index in [0.717, 1.165) is 19.1 Å². The van der Waals surface area contributed by atoms with E-state index < -0.39 is 0 Å². The normalized spacial score (nSPS) is 20.6. The number of hydrogen-bond acceptors (Lipinski definition) is 2. The Morgan fingerprint density at radius 3 is 2.44 bits per heavy atom. The highest BCUT2D eigenvalue weighted by molar-refractivity contribution is 4.74. The molecule has 0 saturated heterocycles. The fraction of sp³-hybridized carbons (Fsp3) is 1.00. The molecule has 0 radical (unpaired) electrons. The molecule has 2 heteroatoms. The number of ether oxygens (including phenoxy) is 1. The zero-order chi connectivity index (χ0) is 11.6. The number of rotatable bonds is 7. The first-order chi connectivity index (χ1) is 7.84. The second-order valence-corrected chi connectivity index (χ2v) is 5.19. The summed E-state index contributed by atoms with van der Waals surface area (Å²) in [4.78, 5) is 0. The predicted molar refractivity (Wildman–Crippen MR) is 69.8 cm³/mol. The molecule has 16 heavy (non-hydrogen) atoms. The van der Waals surface area contributed by atoms with Crippen LogP contribution in [0.2, 0.25) is 0 Å². The number of methoxy groups -OCH3 is 1. The molecule has 0 unspecified atom stereocenters. The first-order valence-corrected chi connectivity index (χ1v) is 7.07. The quantitative estimate of drug-likeness (QED) is 0.532. The zero-order valence-electron chi connectivity index (χ0n) is 11.1. The van der Waals surface area contributed by atoms with Crippen LogP contribution in [-0.4, -0.2) is 26.3 Å². The lowest BCUT2D eigenvalue weighted by molar-refractivity contribution is 0.191. The largest absolute Gasteiger partial charge is 0.385 e. The van der Waals surface area contributed by atoms with E-state index in [2.05, 4.69) is 12.2 Å². The molecular formula is C14H29NO. The van der Waals surface area contributed by atoms with Crippen molar-refractivity contribution in [3.8, 4) is 0 Å². The molecule has 0 amide bonds. The lowest BCUT2D eigenvalue weighted by Crippen LogP contribution is -2.34. The second-order valence-electron chi connectivity index (χ2n) is 5.19. The van der Waals surface area contributed by atoms with Crippen molar-refractivity contribution in [1.82, 2.24) is 5.32 Å². The Bertz CT molecular complexity index is 153. The van der Waals surface area contributed by atoms with Crippen molar-refractivity contribution in [2.45, 2.75) is 64.3 Å². The van der Waals surface area contributed by atoms with Crippen molar-refractivity contribution in [3.63, 3.8) is 0 Å². The molecule has 1 N–H and O–H groups in total. The summed E-state index contributed by atoms with van der Waals surface area (Å²) in [7, 11) is 1.78. The van der Waals surface area contributed by atoms with Gasteiger partial charge in [0.15, 0.2) is 0 Å². The molecule has 1 aliphatic rings. The maximum Gasteiger partial charge on any atom is 0.0462 e. The summed E-state index contributed by atoms with van der Waals surface area (Å²) in [5, 5.41) is 3.68. The maximum atomic E-state index is 5.05. The van der Waals surface area contributed by atoms with Crippen molar-refractivity contribution >= 4 is 0 Å². The van der Waals surface area contributed by atoms with Crippen molar-refractivity contribution < 1.29 is 4.74 Å². The average molecular weight is 227 g/mol. The van der Waals surface area contributed by atoms with Crippen LogP contribution in [0.5, 0.6) is 0 Å². The first kappa shape index (κ1) is 14.0. The third kappa shape index (κ3) is 5.86. The van der Waals surface area contributed by atoms with E-state index in [0.29, 0.717) is 6.04 Å². The molecule has 96 valence electrons. The SMILES string of the molecule is COCCCCN[C@H](C)C1CCCCCC1. The third-order valence-electron chi connectivity index (χ3n) is 3.85. The number of nitrogens with one attached hydrogen (secondary N) is 1. The predicted octanol–water partition coefficient (Wildman–Crippen LogP) is 3.36. The van der Waals surface area contributed by atoms with Crippen molar-refractivity contribution in [1.29, 1.82) is 0 Å². The minimum Gasteiger partial charge on any atom is -0.385 e. The first-order valence-electron chi connectivity index (χ1n) is 7.07. The lowest BCUT2D eigenvalue weighted by Gasteiger charge is -2.23. The Hall–Kier alpha value is -0.0800. The van der Waals surface area contributed by atoms with Gasteiger partial charge in [0.25, 0.3) is 0 Å². The molecule has 1 atom stereocenters.